The predicted molar refractivity (Wildman–Crippen MR) is 70.2 cm³/mol. The van der Waals surface area contributed by atoms with E-state index in [1.54, 1.807) is 0 Å². The third-order valence-corrected chi connectivity index (χ3v) is 3.57. The first kappa shape index (κ1) is 13.5. The van der Waals surface area contributed by atoms with Gasteiger partial charge in [0.1, 0.15) is 0 Å². The highest BCUT2D eigenvalue weighted by molar-refractivity contribution is 5.11. The molecule has 0 aliphatic carbocycles. The fraction of sp³-hybridized carbons (Fsp3) is 0.846. The number of nitrogens with zero attached hydrogens (tertiary/aromatic N) is 3. The van der Waals surface area contributed by atoms with Gasteiger partial charge in [-0.3, -0.25) is 4.90 Å². The van der Waals surface area contributed by atoms with E-state index in [-0.39, 0.29) is 5.41 Å². The highest BCUT2D eigenvalue weighted by atomic mass is 16.5. The Morgan fingerprint density at radius 3 is 2.50 bits per heavy atom. The smallest absolute Gasteiger partial charge is 0.232 e. The lowest BCUT2D eigenvalue weighted by atomic mass is 9.96. The molecular formula is C13H24N4O. The zero-order valence-corrected chi connectivity index (χ0v) is 12.0. The van der Waals surface area contributed by atoms with Gasteiger partial charge in [-0.1, -0.05) is 25.9 Å². The number of aromatic nitrogens is 2. The van der Waals surface area contributed by atoms with E-state index in [1.807, 2.05) is 0 Å². The minimum absolute atomic E-state index is 0.127. The SMILES string of the molecule is CC(C)N1CCC(N)(c2noc(C(C)(C)C)n2)C1. The standard InChI is InChI=1S/C13H24N4O/c1-9(2)17-7-6-13(14,8-17)10-15-11(18-16-10)12(3,4)5/h9H,6-8,14H2,1-5H3. The summed E-state index contributed by atoms with van der Waals surface area (Å²) in [5.74, 6) is 1.31. The summed E-state index contributed by atoms with van der Waals surface area (Å²) in [5.41, 5.74) is 5.85. The maximum absolute atomic E-state index is 6.44. The summed E-state index contributed by atoms with van der Waals surface area (Å²) in [4.78, 5) is 6.85. The van der Waals surface area contributed by atoms with Crippen LogP contribution < -0.4 is 5.73 Å². The second-order valence-electron chi connectivity index (χ2n) is 6.64. The minimum atomic E-state index is -0.461. The van der Waals surface area contributed by atoms with Crippen molar-refractivity contribution in [3.8, 4) is 0 Å². The van der Waals surface area contributed by atoms with E-state index in [4.69, 9.17) is 10.3 Å². The lowest BCUT2D eigenvalue weighted by molar-refractivity contribution is 0.251. The van der Waals surface area contributed by atoms with E-state index in [2.05, 4.69) is 49.7 Å². The zero-order valence-electron chi connectivity index (χ0n) is 12.0. The maximum Gasteiger partial charge on any atom is 0.232 e. The second kappa shape index (κ2) is 4.31. The maximum atomic E-state index is 6.44. The molecule has 1 aliphatic rings. The molecule has 5 nitrogen and oxygen atoms in total. The van der Waals surface area contributed by atoms with Crippen molar-refractivity contribution in [2.24, 2.45) is 5.73 Å². The third kappa shape index (κ3) is 2.42. The summed E-state index contributed by atoms with van der Waals surface area (Å²) < 4.78 is 5.34. The largest absolute Gasteiger partial charge is 0.339 e. The van der Waals surface area contributed by atoms with Crippen LogP contribution in [0, 0.1) is 0 Å². The number of nitrogens with two attached hydrogens (primary N) is 1. The molecule has 1 saturated heterocycles. The predicted octanol–water partition coefficient (Wildman–Crippen LogP) is 1.64. The van der Waals surface area contributed by atoms with Crippen LogP contribution in [0.2, 0.25) is 0 Å². The van der Waals surface area contributed by atoms with Gasteiger partial charge in [-0.15, -0.1) is 0 Å². The Morgan fingerprint density at radius 2 is 2.06 bits per heavy atom. The molecule has 5 heteroatoms. The lowest BCUT2D eigenvalue weighted by Gasteiger charge is -2.23. The molecule has 0 bridgehead atoms. The molecule has 1 unspecified atom stereocenters. The fourth-order valence-corrected chi connectivity index (χ4v) is 2.22. The summed E-state index contributed by atoms with van der Waals surface area (Å²) >= 11 is 0. The average molecular weight is 252 g/mol. The molecule has 2 N–H and O–H groups in total. The number of likely N-dealkylation sites (tertiary alicyclic amines) is 1. The van der Waals surface area contributed by atoms with E-state index in [1.165, 1.54) is 0 Å². The minimum Gasteiger partial charge on any atom is -0.339 e. The van der Waals surface area contributed by atoms with E-state index < -0.39 is 5.54 Å². The molecule has 0 radical (unpaired) electrons. The first-order chi connectivity index (χ1) is 8.22. The molecule has 1 aromatic heterocycles. The van der Waals surface area contributed by atoms with Crippen molar-refractivity contribution < 1.29 is 4.52 Å². The van der Waals surface area contributed by atoms with Gasteiger partial charge in [0.15, 0.2) is 5.82 Å². The average Bonchev–Trinajstić information content (AvgIpc) is 2.82. The summed E-state index contributed by atoms with van der Waals surface area (Å²) in [6.07, 6.45) is 0.883. The van der Waals surface area contributed by atoms with Gasteiger partial charge in [0.05, 0.1) is 5.54 Å². The van der Waals surface area contributed by atoms with Gasteiger partial charge in [-0.25, -0.2) is 0 Å². The van der Waals surface area contributed by atoms with Crippen LogP contribution in [0.15, 0.2) is 4.52 Å². The van der Waals surface area contributed by atoms with E-state index in [0.29, 0.717) is 17.8 Å². The topological polar surface area (TPSA) is 68.2 Å². The summed E-state index contributed by atoms with van der Waals surface area (Å²) in [6.45, 7) is 12.3. The summed E-state index contributed by atoms with van der Waals surface area (Å²) in [7, 11) is 0. The fourth-order valence-electron chi connectivity index (χ4n) is 2.22. The van der Waals surface area contributed by atoms with Gasteiger partial charge >= 0.3 is 0 Å². The first-order valence-electron chi connectivity index (χ1n) is 6.60. The van der Waals surface area contributed by atoms with Crippen LogP contribution in [0.25, 0.3) is 0 Å². The molecule has 0 saturated carbocycles. The Morgan fingerprint density at radius 1 is 1.39 bits per heavy atom. The quantitative estimate of drug-likeness (QED) is 0.866. The van der Waals surface area contributed by atoms with Crippen molar-refractivity contribution in [3.05, 3.63) is 11.7 Å². The van der Waals surface area contributed by atoms with Crippen LogP contribution in [0.5, 0.6) is 0 Å². The van der Waals surface area contributed by atoms with Gasteiger partial charge in [-0.05, 0) is 20.3 Å². The van der Waals surface area contributed by atoms with Crippen molar-refractivity contribution in [1.82, 2.24) is 15.0 Å². The molecule has 0 aromatic carbocycles. The van der Waals surface area contributed by atoms with Crippen LogP contribution in [-0.2, 0) is 11.0 Å². The van der Waals surface area contributed by atoms with Crippen molar-refractivity contribution >= 4 is 0 Å². The normalized spacial score (nSPS) is 26.2. The molecule has 2 rings (SSSR count). The molecule has 1 fully saturated rings. The molecule has 1 atom stereocenters. The van der Waals surface area contributed by atoms with Crippen LogP contribution in [0.1, 0.15) is 52.8 Å². The van der Waals surface area contributed by atoms with Crippen LogP contribution in [0.3, 0.4) is 0 Å². The molecule has 1 aliphatic heterocycles. The van der Waals surface area contributed by atoms with E-state index >= 15 is 0 Å². The zero-order chi connectivity index (χ0) is 13.6. The Hall–Kier alpha value is -0.940. The molecule has 0 amide bonds. The molecule has 2 heterocycles. The highest BCUT2D eigenvalue weighted by Gasteiger charge is 2.41. The molecule has 0 spiro atoms. The number of rotatable bonds is 2. The van der Waals surface area contributed by atoms with Crippen LogP contribution >= 0.6 is 0 Å². The third-order valence-electron chi connectivity index (χ3n) is 3.57. The van der Waals surface area contributed by atoms with Crippen LogP contribution in [0.4, 0.5) is 0 Å². The van der Waals surface area contributed by atoms with E-state index in [9.17, 15) is 0 Å². The van der Waals surface area contributed by atoms with Gasteiger partial charge in [-0.2, -0.15) is 4.98 Å². The Kier molecular flexibility index (Phi) is 3.23. The van der Waals surface area contributed by atoms with Crippen molar-refractivity contribution in [2.45, 2.75) is 58.0 Å². The Labute approximate surface area is 109 Å². The van der Waals surface area contributed by atoms with Gasteiger partial charge < -0.3 is 10.3 Å². The molecule has 18 heavy (non-hydrogen) atoms. The van der Waals surface area contributed by atoms with Gasteiger partial charge in [0.25, 0.3) is 0 Å². The molecule has 1 aromatic rings. The monoisotopic (exact) mass is 252 g/mol. The Bertz CT molecular complexity index is 421. The lowest BCUT2D eigenvalue weighted by Crippen LogP contribution is -2.42. The molecule has 102 valence electrons. The second-order valence-corrected chi connectivity index (χ2v) is 6.64. The van der Waals surface area contributed by atoms with Crippen molar-refractivity contribution in [1.29, 1.82) is 0 Å². The van der Waals surface area contributed by atoms with Gasteiger partial charge in [0, 0.05) is 24.5 Å². The molecular weight excluding hydrogens is 228 g/mol. The van der Waals surface area contributed by atoms with E-state index in [0.717, 1.165) is 19.5 Å². The highest BCUT2D eigenvalue weighted by Crippen LogP contribution is 2.30. The number of hydrogen-bond donors (Lipinski definition) is 1. The summed E-state index contributed by atoms with van der Waals surface area (Å²) in [5, 5.41) is 4.09. The number of hydrogen-bond acceptors (Lipinski definition) is 5. The summed E-state index contributed by atoms with van der Waals surface area (Å²) in [6, 6.07) is 0.504. The van der Waals surface area contributed by atoms with Crippen molar-refractivity contribution in [3.63, 3.8) is 0 Å². The Balaban J connectivity index is 2.19. The van der Waals surface area contributed by atoms with Gasteiger partial charge in [0.2, 0.25) is 5.89 Å². The van der Waals surface area contributed by atoms with Crippen molar-refractivity contribution in [2.75, 3.05) is 13.1 Å². The first-order valence-corrected chi connectivity index (χ1v) is 6.60. The van der Waals surface area contributed by atoms with Crippen LogP contribution in [-0.4, -0.2) is 34.2 Å².